The molecular weight excluding hydrogens is 208 g/mol. The summed E-state index contributed by atoms with van der Waals surface area (Å²) in [4.78, 5) is 15.4. The summed E-state index contributed by atoms with van der Waals surface area (Å²) in [6, 6.07) is -0.530. The van der Waals surface area contributed by atoms with E-state index < -0.39 is 12.0 Å². The van der Waals surface area contributed by atoms with E-state index in [4.69, 9.17) is 9.84 Å². The molecule has 0 aromatic heterocycles. The predicted octanol–water partition coefficient (Wildman–Crippen LogP) is 0.112. The van der Waals surface area contributed by atoms with Gasteiger partial charge in [-0.2, -0.15) is 0 Å². The summed E-state index contributed by atoms with van der Waals surface area (Å²) in [5.41, 5.74) is 0.0136. The van der Waals surface area contributed by atoms with Crippen LogP contribution in [0.15, 0.2) is 0 Å². The summed E-state index contributed by atoms with van der Waals surface area (Å²) in [5, 5.41) is 9.16. The number of likely N-dealkylation sites (N-methyl/N-ethyl adjacent to an activating group) is 1. The normalized spacial score (nSPS) is 24.2. The lowest BCUT2D eigenvalue weighted by atomic mass is 9.98. The van der Waals surface area contributed by atoms with Crippen LogP contribution in [0, 0.1) is 0 Å². The van der Waals surface area contributed by atoms with Crippen LogP contribution in [0.4, 0.5) is 0 Å². The Balaban J connectivity index is 2.69. The lowest BCUT2D eigenvalue weighted by Crippen LogP contribution is -2.61. The predicted molar refractivity (Wildman–Crippen MR) is 61.6 cm³/mol. The maximum atomic E-state index is 11.1. The first-order valence-corrected chi connectivity index (χ1v) is 5.55. The minimum Gasteiger partial charge on any atom is -0.480 e. The van der Waals surface area contributed by atoms with Gasteiger partial charge in [-0.25, -0.2) is 0 Å². The molecule has 1 N–H and O–H groups in total. The Morgan fingerprint density at radius 2 is 2.12 bits per heavy atom. The smallest absolute Gasteiger partial charge is 0.323 e. The van der Waals surface area contributed by atoms with Gasteiger partial charge < -0.3 is 9.84 Å². The molecule has 0 spiro atoms. The number of piperazine rings is 1. The maximum absolute atomic E-state index is 11.1. The monoisotopic (exact) mass is 230 g/mol. The molecule has 16 heavy (non-hydrogen) atoms. The minimum absolute atomic E-state index is 0.0136. The van der Waals surface area contributed by atoms with Crippen molar-refractivity contribution in [1.82, 2.24) is 9.80 Å². The van der Waals surface area contributed by atoms with Crippen molar-refractivity contribution in [2.75, 3.05) is 40.4 Å². The quantitative estimate of drug-likeness (QED) is 0.743. The van der Waals surface area contributed by atoms with Gasteiger partial charge in [0.15, 0.2) is 0 Å². The fraction of sp³-hybridized carbons (Fsp3) is 0.909. The van der Waals surface area contributed by atoms with Gasteiger partial charge in [0.25, 0.3) is 0 Å². The summed E-state index contributed by atoms with van der Waals surface area (Å²) in [6.07, 6.45) is 0. The van der Waals surface area contributed by atoms with Crippen molar-refractivity contribution in [3.8, 4) is 0 Å². The van der Waals surface area contributed by atoms with Crippen molar-refractivity contribution in [2.24, 2.45) is 0 Å². The molecule has 0 radical (unpaired) electrons. The van der Waals surface area contributed by atoms with Crippen molar-refractivity contribution >= 4 is 5.97 Å². The zero-order chi connectivity index (χ0) is 12.3. The molecular formula is C11H22N2O3. The lowest BCUT2D eigenvalue weighted by Gasteiger charge is -2.46. The Morgan fingerprint density at radius 1 is 1.50 bits per heavy atom. The van der Waals surface area contributed by atoms with Crippen LogP contribution in [0.5, 0.6) is 0 Å². The van der Waals surface area contributed by atoms with E-state index in [0.717, 1.165) is 19.6 Å². The van der Waals surface area contributed by atoms with E-state index in [2.05, 4.69) is 25.8 Å². The molecule has 0 amide bonds. The van der Waals surface area contributed by atoms with Crippen LogP contribution in [-0.2, 0) is 9.53 Å². The second-order valence-electron chi connectivity index (χ2n) is 5.01. The third-order valence-corrected chi connectivity index (χ3v) is 3.40. The summed E-state index contributed by atoms with van der Waals surface area (Å²) >= 11 is 0. The van der Waals surface area contributed by atoms with Crippen molar-refractivity contribution < 1.29 is 14.6 Å². The Bertz CT molecular complexity index is 256. The summed E-state index contributed by atoms with van der Waals surface area (Å²) in [7, 11) is 3.61. The van der Waals surface area contributed by atoms with E-state index in [0.29, 0.717) is 0 Å². The van der Waals surface area contributed by atoms with Gasteiger partial charge in [0.2, 0.25) is 0 Å². The zero-order valence-electron chi connectivity index (χ0n) is 10.6. The van der Waals surface area contributed by atoms with Gasteiger partial charge in [0.1, 0.15) is 6.04 Å². The van der Waals surface area contributed by atoms with Crippen molar-refractivity contribution in [2.45, 2.75) is 25.4 Å². The van der Waals surface area contributed by atoms with E-state index in [1.807, 2.05) is 4.90 Å². The Hall–Kier alpha value is -0.650. The zero-order valence-corrected chi connectivity index (χ0v) is 10.6. The molecule has 1 saturated heterocycles. The standard InChI is InChI=1S/C11H22N2O3/c1-11(2)8-13(6-5-12(11)3)9(7-16-4)10(14)15/h9H,5-8H2,1-4H3,(H,14,15). The van der Waals surface area contributed by atoms with Crippen molar-refractivity contribution in [3.63, 3.8) is 0 Å². The SMILES string of the molecule is COCC(C(=O)O)N1CCN(C)C(C)(C)C1. The van der Waals surface area contributed by atoms with Crippen LogP contribution in [0.25, 0.3) is 0 Å². The molecule has 5 heteroatoms. The fourth-order valence-corrected chi connectivity index (χ4v) is 2.03. The Labute approximate surface area is 97.0 Å². The van der Waals surface area contributed by atoms with Crippen LogP contribution in [0.1, 0.15) is 13.8 Å². The highest BCUT2D eigenvalue weighted by molar-refractivity contribution is 5.73. The molecule has 5 nitrogen and oxygen atoms in total. The van der Waals surface area contributed by atoms with Crippen LogP contribution < -0.4 is 0 Å². The number of hydrogen-bond acceptors (Lipinski definition) is 4. The molecule has 0 aliphatic carbocycles. The van der Waals surface area contributed by atoms with Crippen molar-refractivity contribution in [3.05, 3.63) is 0 Å². The van der Waals surface area contributed by atoms with Crippen LogP contribution in [0.3, 0.4) is 0 Å². The molecule has 1 aliphatic rings. The molecule has 94 valence electrons. The number of nitrogens with zero attached hydrogens (tertiary/aromatic N) is 2. The number of hydrogen-bond donors (Lipinski definition) is 1. The van der Waals surface area contributed by atoms with E-state index >= 15 is 0 Å². The maximum Gasteiger partial charge on any atom is 0.323 e. The van der Waals surface area contributed by atoms with Gasteiger partial charge in [0.05, 0.1) is 6.61 Å². The number of aliphatic carboxylic acids is 1. The van der Waals surface area contributed by atoms with E-state index in [-0.39, 0.29) is 12.1 Å². The second kappa shape index (κ2) is 5.12. The first kappa shape index (κ1) is 13.4. The largest absolute Gasteiger partial charge is 0.480 e. The molecule has 0 aromatic rings. The van der Waals surface area contributed by atoms with Gasteiger partial charge in [-0.15, -0.1) is 0 Å². The van der Waals surface area contributed by atoms with Gasteiger partial charge >= 0.3 is 5.97 Å². The highest BCUT2D eigenvalue weighted by atomic mass is 16.5. The molecule has 1 fully saturated rings. The molecule has 0 bridgehead atoms. The third-order valence-electron chi connectivity index (χ3n) is 3.40. The summed E-state index contributed by atoms with van der Waals surface area (Å²) in [5.74, 6) is -0.804. The van der Waals surface area contributed by atoms with E-state index in [9.17, 15) is 4.79 Å². The van der Waals surface area contributed by atoms with Crippen LogP contribution in [0.2, 0.25) is 0 Å². The summed E-state index contributed by atoms with van der Waals surface area (Å²) < 4.78 is 4.98. The lowest BCUT2D eigenvalue weighted by molar-refractivity contribution is -0.147. The first-order valence-electron chi connectivity index (χ1n) is 5.55. The number of ether oxygens (including phenoxy) is 1. The first-order chi connectivity index (χ1) is 7.38. The average molecular weight is 230 g/mol. The number of rotatable bonds is 4. The highest BCUT2D eigenvalue weighted by Gasteiger charge is 2.36. The molecule has 0 aromatic carbocycles. The van der Waals surface area contributed by atoms with Crippen LogP contribution >= 0.6 is 0 Å². The molecule has 1 rings (SSSR count). The molecule has 1 unspecified atom stereocenters. The average Bonchev–Trinajstić information content (AvgIpc) is 2.18. The Kier molecular flexibility index (Phi) is 4.29. The molecule has 1 heterocycles. The van der Waals surface area contributed by atoms with Gasteiger partial charge in [0, 0.05) is 32.3 Å². The number of methoxy groups -OCH3 is 1. The number of carboxylic acids is 1. The van der Waals surface area contributed by atoms with Crippen LogP contribution in [-0.4, -0.2) is 72.9 Å². The van der Waals surface area contributed by atoms with E-state index in [1.54, 1.807) is 0 Å². The summed E-state index contributed by atoms with van der Waals surface area (Å²) in [6.45, 7) is 6.93. The topological polar surface area (TPSA) is 53.0 Å². The second-order valence-corrected chi connectivity index (χ2v) is 5.01. The van der Waals surface area contributed by atoms with E-state index in [1.165, 1.54) is 7.11 Å². The highest BCUT2D eigenvalue weighted by Crippen LogP contribution is 2.20. The Morgan fingerprint density at radius 3 is 2.56 bits per heavy atom. The van der Waals surface area contributed by atoms with Gasteiger partial charge in [-0.05, 0) is 20.9 Å². The molecule has 0 saturated carbocycles. The van der Waals surface area contributed by atoms with Crippen molar-refractivity contribution in [1.29, 1.82) is 0 Å². The molecule has 1 aliphatic heterocycles. The fourth-order valence-electron chi connectivity index (χ4n) is 2.03. The minimum atomic E-state index is -0.804. The third kappa shape index (κ3) is 2.93. The number of carbonyl (C=O) groups is 1. The van der Waals surface area contributed by atoms with Gasteiger partial charge in [-0.1, -0.05) is 0 Å². The van der Waals surface area contributed by atoms with Gasteiger partial charge in [-0.3, -0.25) is 14.6 Å². The number of carboxylic acid groups (broad SMARTS) is 1. The molecule has 1 atom stereocenters.